The Morgan fingerprint density at radius 1 is 0.583 bits per heavy atom. The molecule has 0 atom stereocenters. The molecule has 0 bridgehead atoms. The third-order valence-electron chi connectivity index (χ3n) is 7.66. The second kappa shape index (κ2) is 19.3. The van der Waals surface area contributed by atoms with Gasteiger partial charge in [-0.15, -0.1) is 0 Å². The maximum Gasteiger partial charge on any atom is 0.165 e. The van der Waals surface area contributed by atoms with Crippen molar-refractivity contribution >= 4 is 21.8 Å². The molecule has 7 heteroatoms. The van der Waals surface area contributed by atoms with Crippen LogP contribution < -0.4 is 15.2 Å². The number of aryl methyl sites for hydroxylation is 3. The van der Waals surface area contributed by atoms with Gasteiger partial charge in [0.05, 0.1) is 11.0 Å². The molecule has 0 aliphatic carbocycles. The van der Waals surface area contributed by atoms with Gasteiger partial charge in [0.2, 0.25) is 0 Å². The molecule has 0 amide bonds. The molecule has 0 unspecified atom stereocenters. The fourth-order valence-electron chi connectivity index (χ4n) is 5.58. The Balaban J connectivity index is 0.000000236. The number of nitrogens with two attached hydrogens (primary N) is 1. The van der Waals surface area contributed by atoms with E-state index in [-0.39, 0.29) is 11.6 Å². The summed E-state index contributed by atoms with van der Waals surface area (Å²) in [5, 5.41) is 1.73. The molecule has 256 valence electrons. The molecule has 2 heterocycles. The highest BCUT2D eigenvalue weighted by Crippen LogP contribution is 2.35. The van der Waals surface area contributed by atoms with E-state index < -0.39 is 0 Å². The molecule has 0 saturated carbocycles. The molecule has 6 aromatic rings. The van der Waals surface area contributed by atoms with Crippen LogP contribution >= 0.6 is 0 Å². The Labute approximate surface area is 284 Å². The minimum atomic E-state index is -0.340. The van der Waals surface area contributed by atoms with E-state index in [0.29, 0.717) is 37.7 Å². The number of halogens is 2. The van der Waals surface area contributed by atoms with Crippen molar-refractivity contribution in [3.8, 4) is 11.5 Å². The van der Waals surface area contributed by atoms with E-state index in [1.165, 1.54) is 12.1 Å². The number of benzene rings is 4. The standard InChI is InChI=1S/C19H20FNO.C18H19FN2O.2C2H6/c1-3-7-15-12-21(2)17-11-10-16(20)19(18(15)17)22-13-14-8-5-4-6-9-14;1-21-11-14(9-10-20)17-16(21)8-7-15(19)18(17)22-12-13-5-3-2-4-6-13;2*1-2/h4-6,8-12H,3,7,13H2,1-2H3;2-8,11H,9-10,12,20H2,1H3;2*1-2H3. The average molecular weight is 656 g/mol. The van der Waals surface area contributed by atoms with Gasteiger partial charge in [-0.1, -0.05) is 102 Å². The highest BCUT2D eigenvalue weighted by molar-refractivity contribution is 5.91. The maximum atomic E-state index is 14.3. The largest absolute Gasteiger partial charge is 0.485 e. The van der Waals surface area contributed by atoms with Crippen LogP contribution in [0.1, 0.15) is 63.3 Å². The van der Waals surface area contributed by atoms with E-state index in [2.05, 4.69) is 13.1 Å². The maximum absolute atomic E-state index is 14.3. The number of hydrogen-bond acceptors (Lipinski definition) is 3. The lowest BCUT2D eigenvalue weighted by Gasteiger charge is -2.10. The number of fused-ring (bicyclic) bond motifs is 2. The van der Waals surface area contributed by atoms with E-state index in [4.69, 9.17) is 15.2 Å². The van der Waals surface area contributed by atoms with E-state index in [1.807, 2.05) is 124 Å². The molecule has 48 heavy (non-hydrogen) atoms. The van der Waals surface area contributed by atoms with E-state index in [1.54, 1.807) is 6.07 Å². The van der Waals surface area contributed by atoms with Crippen LogP contribution in [0.4, 0.5) is 8.78 Å². The minimum Gasteiger partial charge on any atom is -0.485 e. The molecule has 0 fully saturated rings. The Morgan fingerprint density at radius 2 is 0.979 bits per heavy atom. The van der Waals surface area contributed by atoms with Crippen LogP contribution in [0.15, 0.2) is 97.3 Å². The van der Waals surface area contributed by atoms with E-state index in [0.717, 1.165) is 56.9 Å². The molecule has 6 rings (SSSR count). The van der Waals surface area contributed by atoms with Gasteiger partial charge >= 0.3 is 0 Å². The first kappa shape index (κ1) is 37.8. The van der Waals surface area contributed by atoms with Gasteiger partial charge in [-0.05, 0) is 65.9 Å². The summed E-state index contributed by atoms with van der Waals surface area (Å²) in [6.07, 6.45) is 6.70. The van der Waals surface area contributed by atoms with Crippen LogP contribution in [-0.4, -0.2) is 15.7 Å². The molecule has 0 aliphatic rings. The fraction of sp³-hybridized carbons (Fsp3) is 0.317. The lowest BCUT2D eigenvalue weighted by molar-refractivity contribution is 0.294. The Kier molecular flexibility index (Phi) is 15.2. The number of hydrogen-bond donors (Lipinski definition) is 1. The third kappa shape index (κ3) is 9.26. The fourth-order valence-corrected chi connectivity index (χ4v) is 5.58. The van der Waals surface area contributed by atoms with Gasteiger partial charge in [0.25, 0.3) is 0 Å². The van der Waals surface area contributed by atoms with E-state index in [9.17, 15) is 8.78 Å². The van der Waals surface area contributed by atoms with Crippen molar-refractivity contribution in [1.82, 2.24) is 9.13 Å². The molecule has 2 aromatic heterocycles. The molecular weight excluding hydrogens is 604 g/mol. The zero-order chi connectivity index (χ0) is 35.1. The monoisotopic (exact) mass is 655 g/mol. The van der Waals surface area contributed by atoms with Crippen molar-refractivity contribution in [2.45, 2.75) is 67.1 Å². The molecule has 0 aliphatic heterocycles. The molecule has 2 N–H and O–H groups in total. The smallest absolute Gasteiger partial charge is 0.165 e. The zero-order valence-corrected chi connectivity index (χ0v) is 29.5. The first-order chi connectivity index (χ1) is 23.4. The van der Waals surface area contributed by atoms with Gasteiger partial charge < -0.3 is 24.3 Å². The van der Waals surface area contributed by atoms with Crippen molar-refractivity contribution in [3.05, 3.63) is 131 Å². The summed E-state index contributed by atoms with van der Waals surface area (Å²) in [6.45, 7) is 11.4. The molecular formula is C41H51F2N3O2. The van der Waals surface area contributed by atoms with Crippen molar-refractivity contribution in [2.75, 3.05) is 6.54 Å². The van der Waals surface area contributed by atoms with Crippen molar-refractivity contribution in [1.29, 1.82) is 0 Å². The van der Waals surface area contributed by atoms with Gasteiger partial charge in [0, 0.05) is 37.3 Å². The Morgan fingerprint density at radius 3 is 1.35 bits per heavy atom. The average Bonchev–Trinajstić information content (AvgIpc) is 3.61. The second-order valence-corrected chi connectivity index (χ2v) is 10.9. The van der Waals surface area contributed by atoms with Gasteiger partial charge in [0.1, 0.15) is 13.2 Å². The predicted molar refractivity (Wildman–Crippen MR) is 197 cm³/mol. The normalized spacial score (nSPS) is 10.4. The summed E-state index contributed by atoms with van der Waals surface area (Å²) >= 11 is 0. The van der Waals surface area contributed by atoms with Crippen LogP contribution in [0.3, 0.4) is 0 Å². The third-order valence-corrected chi connectivity index (χ3v) is 7.66. The Hall–Kier alpha value is -4.62. The van der Waals surface area contributed by atoms with Crippen LogP contribution in [0.25, 0.3) is 21.8 Å². The van der Waals surface area contributed by atoms with Gasteiger partial charge in [-0.2, -0.15) is 0 Å². The van der Waals surface area contributed by atoms with Crippen molar-refractivity contribution < 1.29 is 18.3 Å². The van der Waals surface area contributed by atoms with Gasteiger partial charge in [-0.25, -0.2) is 8.78 Å². The molecule has 4 aromatic carbocycles. The summed E-state index contributed by atoms with van der Waals surface area (Å²) in [6, 6.07) is 26.1. The summed E-state index contributed by atoms with van der Waals surface area (Å²) in [5.74, 6) is 0.0377. The predicted octanol–water partition coefficient (Wildman–Crippen LogP) is 10.3. The first-order valence-electron chi connectivity index (χ1n) is 17.0. The summed E-state index contributed by atoms with van der Waals surface area (Å²) in [4.78, 5) is 0. The summed E-state index contributed by atoms with van der Waals surface area (Å²) < 4.78 is 44.3. The highest BCUT2D eigenvalue weighted by atomic mass is 19.1. The quantitative estimate of drug-likeness (QED) is 0.160. The summed E-state index contributed by atoms with van der Waals surface area (Å²) in [7, 11) is 3.93. The minimum absolute atomic E-state index is 0.299. The number of rotatable bonds is 10. The number of nitrogens with zero attached hydrogens (tertiary/aromatic N) is 2. The van der Waals surface area contributed by atoms with Gasteiger partial charge in [-0.3, -0.25) is 0 Å². The molecule has 5 nitrogen and oxygen atoms in total. The lowest BCUT2D eigenvalue weighted by atomic mass is 10.1. The molecule has 0 spiro atoms. The van der Waals surface area contributed by atoms with Crippen LogP contribution in [0, 0.1) is 11.6 Å². The van der Waals surface area contributed by atoms with Gasteiger partial charge in [0.15, 0.2) is 23.1 Å². The number of ether oxygens (including phenoxy) is 2. The molecule has 0 saturated heterocycles. The van der Waals surface area contributed by atoms with Crippen LogP contribution in [0.5, 0.6) is 11.5 Å². The van der Waals surface area contributed by atoms with Crippen LogP contribution in [0.2, 0.25) is 0 Å². The topological polar surface area (TPSA) is 54.3 Å². The van der Waals surface area contributed by atoms with Crippen molar-refractivity contribution in [2.24, 2.45) is 19.8 Å². The molecule has 0 radical (unpaired) electrons. The summed E-state index contributed by atoms with van der Waals surface area (Å²) in [5.41, 5.74) is 11.8. The Bertz CT molecular complexity index is 1690. The highest BCUT2D eigenvalue weighted by Gasteiger charge is 2.17. The van der Waals surface area contributed by atoms with Crippen molar-refractivity contribution in [3.63, 3.8) is 0 Å². The SMILES string of the molecule is CC.CC.CCCc1cn(C)c2ccc(F)c(OCc3ccccc3)c12.Cn1cc(CCN)c2c(OCc3ccccc3)c(F)ccc21. The second-order valence-electron chi connectivity index (χ2n) is 10.9. The van der Waals surface area contributed by atoms with E-state index >= 15 is 0 Å². The lowest BCUT2D eigenvalue weighted by Crippen LogP contribution is -2.03. The number of aromatic nitrogens is 2. The van der Waals surface area contributed by atoms with Crippen LogP contribution in [-0.2, 0) is 40.2 Å². The first-order valence-corrected chi connectivity index (χ1v) is 17.0. The zero-order valence-electron chi connectivity index (χ0n) is 29.5.